The lowest BCUT2D eigenvalue weighted by Crippen LogP contribution is -2.03. The summed E-state index contributed by atoms with van der Waals surface area (Å²) in [6, 6.07) is 10.1. The highest BCUT2D eigenvalue weighted by atomic mass is 32.1. The molecule has 0 aliphatic heterocycles. The zero-order valence-electron chi connectivity index (χ0n) is 10.1. The van der Waals surface area contributed by atoms with E-state index in [-0.39, 0.29) is 0 Å². The Morgan fingerprint density at radius 1 is 1.28 bits per heavy atom. The molecule has 0 atom stereocenters. The minimum atomic E-state index is 0.339. The van der Waals surface area contributed by atoms with Crippen LogP contribution in [0.5, 0.6) is 0 Å². The van der Waals surface area contributed by atoms with Crippen LogP contribution in [0.25, 0.3) is 11.3 Å². The summed E-state index contributed by atoms with van der Waals surface area (Å²) in [5.74, 6) is 1.01. The van der Waals surface area contributed by atoms with Crippen LogP contribution in [-0.4, -0.2) is 10.8 Å². The first kappa shape index (κ1) is 11.6. The zero-order chi connectivity index (χ0) is 12.4. The van der Waals surface area contributed by atoms with Gasteiger partial charge in [-0.25, -0.2) is 4.98 Å². The molecule has 18 heavy (non-hydrogen) atoms. The Morgan fingerprint density at radius 3 is 2.78 bits per heavy atom. The Bertz CT molecular complexity index is 543. The van der Waals surface area contributed by atoms with Crippen LogP contribution in [0.2, 0.25) is 0 Å². The van der Waals surface area contributed by atoms with Gasteiger partial charge in [-0.3, -0.25) is 4.79 Å². The summed E-state index contributed by atoms with van der Waals surface area (Å²) in [7, 11) is 0. The van der Waals surface area contributed by atoms with Crippen LogP contribution in [0.3, 0.4) is 0 Å². The fourth-order valence-corrected chi connectivity index (χ4v) is 2.85. The fourth-order valence-electron chi connectivity index (χ4n) is 2.02. The molecule has 1 fully saturated rings. The van der Waals surface area contributed by atoms with Gasteiger partial charge in [0, 0.05) is 17.4 Å². The van der Waals surface area contributed by atoms with E-state index >= 15 is 0 Å². The molecule has 0 unspecified atom stereocenters. The molecule has 0 spiro atoms. The Labute approximate surface area is 111 Å². The Morgan fingerprint density at radius 2 is 2.06 bits per heavy atom. The normalized spacial score (nSPS) is 14.7. The molecule has 0 saturated heterocycles. The second kappa shape index (κ2) is 5.02. The second-order valence-electron chi connectivity index (χ2n) is 4.86. The van der Waals surface area contributed by atoms with Gasteiger partial charge in [-0.2, -0.15) is 0 Å². The van der Waals surface area contributed by atoms with E-state index in [1.54, 1.807) is 11.3 Å². The minimum Gasteiger partial charge on any atom is -0.299 e. The molecule has 3 heteroatoms. The van der Waals surface area contributed by atoms with E-state index in [1.807, 2.05) is 35.7 Å². The number of hydrogen-bond acceptors (Lipinski definition) is 3. The SMILES string of the molecule is O=C(Cc1nc(-c2ccccc2)cs1)CC1CC1. The van der Waals surface area contributed by atoms with Crippen LogP contribution in [-0.2, 0) is 11.2 Å². The Balaban J connectivity index is 1.67. The summed E-state index contributed by atoms with van der Waals surface area (Å²) in [4.78, 5) is 16.3. The molecule has 92 valence electrons. The van der Waals surface area contributed by atoms with Crippen LogP contribution in [0.4, 0.5) is 0 Å². The third kappa shape index (κ3) is 2.85. The summed E-state index contributed by atoms with van der Waals surface area (Å²) >= 11 is 1.59. The van der Waals surface area contributed by atoms with Gasteiger partial charge >= 0.3 is 0 Å². The molecule has 2 aromatic rings. The predicted molar refractivity (Wildman–Crippen MR) is 73.6 cm³/mol. The highest BCUT2D eigenvalue weighted by Crippen LogP contribution is 2.33. The summed E-state index contributed by atoms with van der Waals surface area (Å²) in [5, 5.41) is 2.98. The van der Waals surface area contributed by atoms with E-state index in [1.165, 1.54) is 12.8 Å². The van der Waals surface area contributed by atoms with Crippen LogP contribution in [0, 0.1) is 5.92 Å². The maximum Gasteiger partial charge on any atom is 0.139 e. The number of Topliss-reactive ketones (excluding diaryl/α,β-unsaturated/α-hetero) is 1. The molecule has 1 aromatic heterocycles. The van der Waals surface area contributed by atoms with Crippen molar-refractivity contribution in [1.29, 1.82) is 0 Å². The maximum atomic E-state index is 11.8. The van der Waals surface area contributed by atoms with Crippen LogP contribution < -0.4 is 0 Å². The molecule has 2 nitrogen and oxygen atoms in total. The summed E-state index contributed by atoms with van der Waals surface area (Å²) in [6.45, 7) is 0. The molecule has 1 aromatic carbocycles. The number of rotatable bonds is 5. The lowest BCUT2D eigenvalue weighted by molar-refractivity contribution is -0.118. The van der Waals surface area contributed by atoms with Crippen LogP contribution >= 0.6 is 11.3 Å². The molecule has 1 aliphatic rings. The molecule has 1 saturated carbocycles. The van der Waals surface area contributed by atoms with Crippen molar-refractivity contribution >= 4 is 17.1 Å². The quantitative estimate of drug-likeness (QED) is 0.817. The predicted octanol–water partition coefficient (Wildman–Crippen LogP) is 3.72. The molecule has 1 aliphatic carbocycles. The molecule has 0 bridgehead atoms. The van der Waals surface area contributed by atoms with Crippen LogP contribution in [0.1, 0.15) is 24.3 Å². The smallest absolute Gasteiger partial charge is 0.139 e. The summed E-state index contributed by atoms with van der Waals surface area (Å²) in [6.07, 6.45) is 3.73. The average molecular weight is 257 g/mol. The molecular weight excluding hydrogens is 242 g/mol. The van der Waals surface area contributed by atoms with E-state index < -0.39 is 0 Å². The van der Waals surface area contributed by atoms with E-state index in [4.69, 9.17) is 0 Å². The van der Waals surface area contributed by atoms with Gasteiger partial charge < -0.3 is 0 Å². The zero-order valence-corrected chi connectivity index (χ0v) is 11.0. The number of carbonyl (C=O) groups is 1. The van der Waals surface area contributed by atoms with Gasteiger partial charge in [0.25, 0.3) is 0 Å². The van der Waals surface area contributed by atoms with E-state index in [2.05, 4.69) is 4.98 Å². The van der Waals surface area contributed by atoms with Crippen molar-refractivity contribution in [3.05, 3.63) is 40.7 Å². The van der Waals surface area contributed by atoms with Crippen LogP contribution in [0.15, 0.2) is 35.7 Å². The number of hydrogen-bond donors (Lipinski definition) is 0. The monoisotopic (exact) mass is 257 g/mol. The summed E-state index contributed by atoms with van der Waals surface area (Å²) < 4.78 is 0. The van der Waals surface area contributed by atoms with Gasteiger partial charge in [-0.15, -0.1) is 11.3 Å². The third-order valence-electron chi connectivity index (χ3n) is 3.18. The van der Waals surface area contributed by atoms with Crippen molar-refractivity contribution in [3.8, 4) is 11.3 Å². The van der Waals surface area contributed by atoms with E-state index in [0.717, 1.165) is 22.7 Å². The topological polar surface area (TPSA) is 30.0 Å². The first-order chi connectivity index (χ1) is 8.81. The lowest BCUT2D eigenvalue weighted by atomic mass is 10.1. The lowest BCUT2D eigenvalue weighted by Gasteiger charge is -1.96. The minimum absolute atomic E-state index is 0.339. The van der Waals surface area contributed by atoms with Gasteiger partial charge in [0.05, 0.1) is 12.1 Å². The number of thiazole rings is 1. The Hall–Kier alpha value is -1.48. The number of benzene rings is 1. The van der Waals surface area contributed by atoms with Gasteiger partial charge in [-0.1, -0.05) is 30.3 Å². The number of nitrogens with zero attached hydrogens (tertiary/aromatic N) is 1. The van der Waals surface area contributed by atoms with Gasteiger partial charge in [0.1, 0.15) is 10.8 Å². The highest BCUT2D eigenvalue weighted by Gasteiger charge is 2.24. The average Bonchev–Trinajstić information content (AvgIpc) is 3.06. The van der Waals surface area contributed by atoms with E-state index in [0.29, 0.717) is 18.1 Å². The molecular formula is C15H15NOS. The van der Waals surface area contributed by atoms with Crippen molar-refractivity contribution < 1.29 is 4.79 Å². The molecule has 0 amide bonds. The van der Waals surface area contributed by atoms with Gasteiger partial charge in [0.15, 0.2) is 0 Å². The van der Waals surface area contributed by atoms with Crippen molar-refractivity contribution in [1.82, 2.24) is 4.98 Å². The van der Waals surface area contributed by atoms with Crippen molar-refractivity contribution in [2.75, 3.05) is 0 Å². The first-order valence-corrected chi connectivity index (χ1v) is 7.21. The van der Waals surface area contributed by atoms with Crippen molar-refractivity contribution in [2.24, 2.45) is 5.92 Å². The molecule has 3 rings (SSSR count). The van der Waals surface area contributed by atoms with Gasteiger partial charge in [-0.05, 0) is 18.8 Å². The van der Waals surface area contributed by atoms with Gasteiger partial charge in [0.2, 0.25) is 0 Å². The maximum absolute atomic E-state index is 11.8. The first-order valence-electron chi connectivity index (χ1n) is 6.33. The molecule has 0 radical (unpaired) electrons. The third-order valence-corrected chi connectivity index (χ3v) is 4.03. The Kier molecular flexibility index (Phi) is 3.24. The fraction of sp³-hybridized carbons (Fsp3) is 0.333. The second-order valence-corrected chi connectivity index (χ2v) is 5.80. The number of aromatic nitrogens is 1. The number of ketones is 1. The van der Waals surface area contributed by atoms with E-state index in [9.17, 15) is 4.79 Å². The van der Waals surface area contributed by atoms with Crippen molar-refractivity contribution in [2.45, 2.75) is 25.7 Å². The van der Waals surface area contributed by atoms with Crippen molar-refractivity contribution in [3.63, 3.8) is 0 Å². The molecule has 1 heterocycles. The molecule has 0 N–H and O–H groups in total. The highest BCUT2D eigenvalue weighted by molar-refractivity contribution is 7.10. The standard InChI is InChI=1S/C15H15NOS/c17-13(8-11-6-7-11)9-15-16-14(10-18-15)12-4-2-1-3-5-12/h1-5,10-11H,6-9H2. The largest absolute Gasteiger partial charge is 0.299 e. The number of carbonyl (C=O) groups excluding carboxylic acids is 1. The summed E-state index contributed by atoms with van der Waals surface area (Å²) in [5.41, 5.74) is 2.10.